The number of aliphatic carboxylic acids is 3. The van der Waals surface area contributed by atoms with Gasteiger partial charge in [0.15, 0.2) is 0 Å². The fourth-order valence-corrected chi connectivity index (χ4v) is 23.5. The minimum Gasteiger partial charge on any atom is -0.481 e. The smallest absolute Gasteiger partial charge is 0.374 e. The number of esters is 4. The number of carbonyl (C=O) groups excluding carboxylic acids is 11. The number of nitrogens with two attached hydrogens (primary N) is 1. The number of halogens is 3. The number of piperazine rings is 4. The van der Waals surface area contributed by atoms with Crippen molar-refractivity contribution in [1.82, 2.24) is 54.6 Å². The molecule has 4 aromatic carbocycles. The summed E-state index contributed by atoms with van der Waals surface area (Å²) in [4.78, 5) is 193. The average Bonchev–Trinajstić information content (AvgIpc) is 1.63. The van der Waals surface area contributed by atoms with Crippen LogP contribution in [0.5, 0.6) is 11.5 Å². The van der Waals surface area contributed by atoms with Crippen molar-refractivity contribution in [1.29, 1.82) is 0 Å². The maximum Gasteiger partial charge on any atom is 0.374 e. The van der Waals surface area contributed by atoms with Crippen molar-refractivity contribution in [3.63, 3.8) is 0 Å². The van der Waals surface area contributed by atoms with Crippen LogP contribution in [0.1, 0.15) is 120 Å². The summed E-state index contributed by atoms with van der Waals surface area (Å²) in [6.07, 6.45) is 6.98. The second-order valence-corrected chi connectivity index (χ2v) is 43.6. The number of nitrogens with one attached hydrogen (secondary N) is 2. The van der Waals surface area contributed by atoms with Crippen LogP contribution in [0.15, 0.2) is 109 Å². The molecule has 794 valence electrons. The number of imide groups is 1. The zero-order chi connectivity index (χ0) is 104. The molecule has 19 rings (SSSR count). The number of ketones is 1. The van der Waals surface area contributed by atoms with Crippen LogP contribution < -0.4 is 25.8 Å². The summed E-state index contributed by atoms with van der Waals surface area (Å²) in [7, 11) is 5.13. The number of ether oxygens (including phenoxy) is 9. The molecule has 15 aliphatic heterocycles. The van der Waals surface area contributed by atoms with Crippen molar-refractivity contribution in [2.24, 2.45) is 64.9 Å². The fraction of sp³-hybridized carbons (Fsp3) is 0.631. The van der Waals surface area contributed by atoms with E-state index in [0.29, 0.717) is 81.2 Å². The van der Waals surface area contributed by atoms with E-state index in [1.807, 2.05) is 77.1 Å². The number of carbonyl (C=O) groups is 14. The van der Waals surface area contributed by atoms with Gasteiger partial charge in [0.2, 0.25) is 27.4 Å². The number of Topliss-reactive ketones (excluding diaryl/α,β-unsaturated/α-hetero) is 1. The van der Waals surface area contributed by atoms with Crippen LogP contribution in [0.25, 0.3) is 0 Å². The second-order valence-electron chi connectivity index (χ2n) is 41.1. The van der Waals surface area contributed by atoms with Gasteiger partial charge in [0, 0.05) is 118 Å². The lowest BCUT2D eigenvalue weighted by molar-refractivity contribution is -0.157. The highest BCUT2D eigenvalue weighted by atomic mass is 35.6. The van der Waals surface area contributed by atoms with Crippen LogP contribution >= 0.6 is 34.8 Å². The standard InChI is InChI=1S/C23H32BN3O7.C22H29N3O6.C22H30N2O4.C21H24N2O6.C15H21Cl3N2O4/c1-24(32)25-16(22(29)30)13-14-3-5-15(6-4-14)33-23(31)20-18-8-7-17(34-18)19(20)21(28)27-11-9-26(2)10-12-27;1-24-8-10-25(11-9-24)20(26)18-16-6-7-17(31-16)19(18)22(29)30-14-4-2-13(3-5-14)12-15(23)21(27)28;1-2-10-23-11-13-24(14-12-23)21(25)19-17-8-9-18(28-17)20(19)22(26)27-15-16-6-4-3-5-7-16;1-21(12-6-3-2-4-7-12)19(27)23(20(28)22-21)11-5-8-13(24)16-14-9-10-15(29-14)17(16)18(25)26;1-19-4-6-20(7-5-19)13(21)11-9-2-3-10(24-9)12(11)14(22)23-8-15(16,17)18/h3-6,16-20,25,32H,7-13H2,1-2H3,(H,29,30);2-5,15-19H,6-12,23H2,1H3,(H,27,28);3-7,17-20H,2,8-15H2,1H3;2-4,6-7,14-17H,5,8-11H2,1H3,(H,22,28)(H,25,26);9-12H,2-8H2,1H3/t16?,17-,18+,19?,20?;15?,16-,17+,18?,19?;17-,18+,19?,20?;14-,15+,16?,17?,21?;9-,10+,11?,12?/m00000/s1. The van der Waals surface area contributed by atoms with Gasteiger partial charge >= 0.3 is 54.9 Å². The van der Waals surface area contributed by atoms with Crippen LogP contribution in [0.4, 0.5) is 4.79 Å². The Morgan fingerprint density at radius 3 is 1.18 bits per heavy atom. The molecule has 15 aliphatic rings. The van der Waals surface area contributed by atoms with E-state index in [4.69, 9.17) is 88.3 Å². The maximum atomic E-state index is 13.3. The van der Waals surface area contributed by atoms with Gasteiger partial charge in [-0.2, -0.15) is 0 Å². The van der Waals surface area contributed by atoms with Crippen LogP contribution in [0.2, 0.25) is 6.82 Å². The fourth-order valence-electron chi connectivity index (χ4n) is 23.4. The van der Waals surface area contributed by atoms with Gasteiger partial charge in [0.05, 0.1) is 120 Å². The zero-order valence-electron chi connectivity index (χ0n) is 83.3. The SMILES string of the molecule is CB(O)NC(Cc1ccc(OC(=O)C2C(C(=O)N3CCN(C)CC3)[C@@H]3CC[C@H]2O3)cc1)C(=O)O.CC1(c2ccccc2)NC(=O)N(CCCC(=O)C2C(C(=O)O)[C@H]3CC[C@@H]2O3)C1=O.CCCN1CCN(C(=O)C2C(C(=O)OCc3ccccc3)[C@H]3CC[C@@H]2O3)CC1.CN1CCN(C(=O)C2C(C(=O)OCC(Cl)(Cl)Cl)[C@H]3CC[C@@H]2O3)CC1.CN1CCN(C(=O)C2C(C(=O)Oc3ccc(CC(N)C(=O)O)cc3)[C@H]3CC[C@@H]2O3)CC1. The lowest BCUT2D eigenvalue weighted by Crippen LogP contribution is -2.53. The highest BCUT2D eigenvalue weighted by Gasteiger charge is 2.63. The molecule has 4 aromatic rings. The number of carboxylic acid groups (broad SMARTS) is 3. The minimum atomic E-state index is -1.66. The summed E-state index contributed by atoms with van der Waals surface area (Å²) in [5, 5.41) is 42.4. The number of amides is 7. The molecule has 43 heteroatoms. The number of hydrogen-bond acceptors (Lipinski definition) is 30. The van der Waals surface area contributed by atoms with Gasteiger partial charge < -0.3 is 114 Å². The van der Waals surface area contributed by atoms with E-state index in [1.54, 1.807) is 79.7 Å². The van der Waals surface area contributed by atoms with Gasteiger partial charge in [-0.1, -0.05) is 127 Å². The van der Waals surface area contributed by atoms with E-state index >= 15 is 0 Å². The first-order valence-corrected chi connectivity index (χ1v) is 52.3. The minimum absolute atomic E-state index is 0.0137. The molecule has 0 saturated carbocycles. The van der Waals surface area contributed by atoms with Gasteiger partial charge in [-0.3, -0.25) is 72.1 Å². The molecule has 0 radical (unpaired) electrons. The maximum absolute atomic E-state index is 13.3. The topological polar surface area (TPSA) is 482 Å². The Morgan fingerprint density at radius 1 is 0.459 bits per heavy atom. The van der Waals surface area contributed by atoms with E-state index in [1.165, 1.54) is 6.82 Å². The van der Waals surface area contributed by atoms with Crippen molar-refractivity contribution < 1.29 is 130 Å². The molecule has 13 unspecified atom stereocenters. The highest BCUT2D eigenvalue weighted by molar-refractivity contribution is 6.67. The number of likely N-dealkylation sites (N-methyl/N-ethyl adjacent to an activating group) is 3. The zero-order valence-corrected chi connectivity index (χ0v) is 85.6. The normalized spacial score (nSPS) is 30.4. The number of rotatable bonds is 30. The van der Waals surface area contributed by atoms with Gasteiger partial charge in [-0.25, -0.2) is 4.79 Å². The summed E-state index contributed by atoms with van der Waals surface area (Å²) in [5.74, 6) is -10.3. The van der Waals surface area contributed by atoms with E-state index in [-0.39, 0.29) is 147 Å². The molecule has 10 bridgehead atoms. The van der Waals surface area contributed by atoms with Gasteiger partial charge in [-0.05, 0) is 178 Å². The Hall–Kier alpha value is -9.89. The van der Waals surface area contributed by atoms with Crippen molar-refractivity contribution >= 4 is 125 Å². The molecule has 8 N–H and O–H groups in total. The molecule has 23 atom stereocenters. The summed E-state index contributed by atoms with van der Waals surface area (Å²) in [5.41, 5.74) is 7.53. The average molecular weight is 2090 g/mol. The predicted octanol–water partition coefficient (Wildman–Crippen LogP) is 5.20. The molecular formula is C103H136BCl3N12O27. The number of nitrogens with zero attached hydrogens (tertiary/aromatic N) is 9. The molecule has 0 spiro atoms. The number of fused-ring (bicyclic) bond motifs is 10. The van der Waals surface area contributed by atoms with Crippen LogP contribution in [0.3, 0.4) is 0 Å². The predicted molar refractivity (Wildman–Crippen MR) is 529 cm³/mol. The largest absolute Gasteiger partial charge is 0.481 e. The molecule has 15 fully saturated rings. The van der Waals surface area contributed by atoms with Crippen LogP contribution in [0, 0.1) is 59.2 Å². The number of benzene rings is 4. The Morgan fingerprint density at radius 2 is 0.815 bits per heavy atom. The molecular weight excluding hydrogens is 1950 g/mol. The highest BCUT2D eigenvalue weighted by Crippen LogP contribution is 2.51. The molecule has 146 heavy (non-hydrogen) atoms. The molecule has 15 saturated heterocycles. The third kappa shape index (κ3) is 26.4. The van der Waals surface area contributed by atoms with Gasteiger partial charge in [-0.15, -0.1) is 0 Å². The summed E-state index contributed by atoms with van der Waals surface area (Å²) < 4.78 is 49.7. The number of hydrogen-bond donors (Lipinski definition) is 7. The monoisotopic (exact) mass is 2090 g/mol. The summed E-state index contributed by atoms with van der Waals surface area (Å²) in [6.45, 7) is 18.5. The van der Waals surface area contributed by atoms with E-state index in [9.17, 15) is 82.4 Å². The van der Waals surface area contributed by atoms with Gasteiger partial charge in [0.1, 0.15) is 48.1 Å². The van der Waals surface area contributed by atoms with Crippen molar-refractivity contribution in [2.45, 2.75) is 206 Å². The lowest BCUT2D eigenvalue weighted by atomic mass is 9.76. The number of alkyl halides is 3. The molecule has 0 aliphatic carbocycles. The molecule has 0 aromatic heterocycles. The molecule has 15 heterocycles. The Labute approximate surface area is 864 Å². The first kappa shape index (κ1) is 110. The third-order valence-electron chi connectivity index (χ3n) is 31.2. The third-order valence-corrected chi connectivity index (χ3v) is 31.5. The van der Waals surface area contributed by atoms with Crippen LogP contribution in [-0.2, 0) is 120 Å². The van der Waals surface area contributed by atoms with E-state index < -0.39 is 124 Å². The van der Waals surface area contributed by atoms with Crippen LogP contribution in [-0.4, -0.2) is 377 Å². The van der Waals surface area contributed by atoms with E-state index in [2.05, 4.69) is 37.1 Å². The number of carboxylic acids is 3. The first-order chi connectivity index (χ1) is 69.8. The van der Waals surface area contributed by atoms with Crippen molar-refractivity contribution in [2.75, 3.05) is 146 Å². The number of urea groups is 1. The first-order valence-electron chi connectivity index (χ1n) is 51.2. The van der Waals surface area contributed by atoms with Gasteiger partial charge in [0.25, 0.3) is 5.91 Å². The molecule has 39 nitrogen and oxygen atoms in total. The lowest BCUT2D eigenvalue weighted by Gasteiger charge is -2.37. The van der Waals surface area contributed by atoms with Crippen molar-refractivity contribution in [3.8, 4) is 11.5 Å². The van der Waals surface area contributed by atoms with Crippen molar-refractivity contribution in [3.05, 3.63) is 131 Å². The second kappa shape index (κ2) is 49.3. The quantitative estimate of drug-likeness (QED) is 0.0116. The Bertz CT molecular complexity index is 5270. The molecule has 7 amide bonds. The summed E-state index contributed by atoms with van der Waals surface area (Å²) >= 11 is 16.9. The Kier molecular flexibility index (Phi) is 37.2. The summed E-state index contributed by atoms with van der Waals surface area (Å²) in [6, 6.07) is 29.5. The van der Waals surface area contributed by atoms with E-state index in [0.717, 1.165) is 146 Å². The Balaban J connectivity index is 0.000000138.